The van der Waals surface area contributed by atoms with Crippen LogP contribution in [0.5, 0.6) is 0 Å². The number of ketones is 2. The van der Waals surface area contributed by atoms with Crippen LogP contribution in [-0.4, -0.2) is 40.2 Å². The molecule has 0 spiro atoms. The first-order chi connectivity index (χ1) is 12.6. The third-order valence-electron chi connectivity index (χ3n) is 8.95. The van der Waals surface area contributed by atoms with Crippen LogP contribution in [0.4, 0.5) is 4.39 Å². The van der Waals surface area contributed by atoms with E-state index in [2.05, 4.69) is 13.8 Å². The fourth-order valence-corrected chi connectivity index (χ4v) is 7.69. The lowest BCUT2D eigenvalue weighted by molar-refractivity contribution is -0.183. The molecular weight excluding hydrogens is 347 g/mol. The van der Waals surface area contributed by atoms with Gasteiger partial charge in [0.2, 0.25) is 0 Å². The number of aliphatic hydroxyl groups is 2. The SMILES string of the molecule is C[C@H]1C[C@@H]2[C@H]([C@H](O)C[C@]3(C)[C@@H]2CC[C@]3(O)C(=O)CF)[C@@]2(C)CCC(=O)C=C12. The average molecular weight is 378 g/mol. The minimum Gasteiger partial charge on any atom is -0.393 e. The second-order valence-electron chi connectivity index (χ2n) is 10.1. The minimum absolute atomic E-state index is 0.0222. The van der Waals surface area contributed by atoms with Gasteiger partial charge in [-0.3, -0.25) is 9.59 Å². The van der Waals surface area contributed by atoms with Gasteiger partial charge in [-0.05, 0) is 67.3 Å². The van der Waals surface area contributed by atoms with Crippen LogP contribution >= 0.6 is 0 Å². The van der Waals surface area contributed by atoms with Crippen LogP contribution in [-0.2, 0) is 9.59 Å². The second kappa shape index (κ2) is 5.96. The Morgan fingerprint density at radius 3 is 2.70 bits per heavy atom. The van der Waals surface area contributed by atoms with E-state index in [0.717, 1.165) is 18.4 Å². The smallest absolute Gasteiger partial charge is 0.195 e. The number of Topliss-reactive ketones (excluding diaryl/α,β-unsaturated/α-hetero) is 1. The molecule has 0 aromatic carbocycles. The lowest BCUT2D eigenvalue weighted by Crippen LogP contribution is -2.62. The lowest BCUT2D eigenvalue weighted by Gasteiger charge is -2.61. The van der Waals surface area contributed by atoms with Crippen LogP contribution in [0, 0.1) is 34.5 Å². The van der Waals surface area contributed by atoms with Crippen molar-refractivity contribution < 1.29 is 24.2 Å². The largest absolute Gasteiger partial charge is 0.393 e. The molecule has 0 radical (unpaired) electrons. The van der Waals surface area contributed by atoms with Crippen molar-refractivity contribution in [2.45, 2.75) is 71.0 Å². The quantitative estimate of drug-likeness (QED) is 0.775. The highest BCUT2D eigenvalue weighted by Crippen LogP contribution is 2.68. The summed E-state index contributed by atoms with van der Waals surface area (Å²) >= 11 is 0. The molecule has 0 aromatic heterocycles. The molecule has 4 aliphatic carbocycles. The summed E-state index contributed by atoms with van der Waals surface area (Å²) in [7, 11) is 0. The Bertz CT molecular complexity index is 717. The first-order valence-corrected chi connectivity index (χ1v) is 10.3. The van der Waals surface area contributed by atoms with Gasteiger partial charge in [-0.2, -0.15) is 0 Å². The number of rotatable bonds is 2. The monoisotopic (exact) mass is 378 g/mol. The van der Waals surface area contributed by atoms with Crippen LogP contribution in [0.3, 0.4) is 0 Å². The van der Waals surface area contributed by atoms with Gasteiger partial charge in [0.15, 0.2) is 18.2 Å². The average Bonchev–Trinajstić information content (AvgIpc) is 2.87. The van der Waals surface area contributed by atoms with Gasteiger partial charge in [0.25, 0.3) is 0 Å². The minimum atomic E-state index is -1.68. The number of alkyl halides is 1. The number of allylic oxidation sites excluding steroid dienone is 1. The molecule has 0 aliphatic heterocycles. The summed E-state index contributed by atoms with van der Waals surface area (Å²) in [6, 6.07) is 0. The van der Waals surface area contributed by atoms with E-state index in [0.29, 0.717) is 19.3 Å². The topological polar surface area (TPSA) is 74.6 Å². The number of aliphatic hydroxyl groups excluding tert-OH is 1. The highest BCUT2D eigenvalue weighted by atomic mass is 19.1. The number of carbonyl (C=O) groups is 2. The van der Waals surface area contributed by atoms with E-state index in [4.69, 9.17) is 0 Å². The van der Waals surface area contributed by atoms with Crippen molar-refractivity contribution in [3.05, 3.63) is 11.6 Å². The number of hydrogen-bond donors (Lipinski definition) is 2. The molecule has 0 aromatic rings. The zero-order chi connectivity index (χ0) is 19.8. The number of carbonyl (C=O) groups excluding carboxylic acids is 2. The maximum Gasteiger partial charge on any atom is 0.195 e. The fourth-order valence-electron chi connectivity index (χ4n) is 7.69. The molecule has 2 N–H and O–H groups in total. The van der Waals surface area contributed by atoms with E-state index in [9.17, 15) is 24.2 Å². The summed E-state index contributed by atoms with van der Waals surface area (Å²) in [6.45, 7) is 5.04. The summed E-state index contributed by atoms with van der Waals surface area (Å²) in [4.78, 5) is 24.3. The Morgan fingerprint density at radius 1 is 1.33 bits per heavy atom. The number of hydrogen-bond acceptors (Lipinski definition) is 4. The van der Waals surface area contributed by atoms with Crippen LogP contribution in [0.25, 0.3) is 0 Å². The molecule has 150 valence electrons. The third-order valence-corrected chi connectivity index (χ3v) is 8.95. The van der Waals surface area contributed by atoms with E-state index in [1.54, 1.807) is 0 Å². The molecule has 0 saturated heterocycles. The molecule has 0 heterocycles. The fraction of sp³-hybridized carbons (Fsp3) is 0.818. The van der Waals surface area contributed by atoms with Crippen molar-refractivity contribution in [3.63, 3.8) is 0 Å². The molecule has 4 rings (SSSR count). The Balaban J connectivity index is 1.77. The van der Waals surface area contributed by atoms with Crippen molar-refractivity contribution in [1.82, 2.24) is 0 Å². The zero-order valence-corrected chi connectivity index (χ0v) is 16.5. The van der Waals surface area contributed by atoms with E-state index in [1.807, 2.05) is 13.0 Å². The first-order valence-electron chi connectivity index (χ1n) is 10.3. The predicted octanol–water partition coefficient (Wildman–Crippen LogP) is 3.00. The Morgan fingerprint density at radius 2 is 2.04 bits per heavy atom. The maximum atomic E-state index is 13.2. The molecule has 8 atom stereocenters. The van der Waals surface area contributed by atoms with Gasteiger partial charge in [0.1, 0.15) is 5.60 Å². The van der Waals surface area contributed by atoms with E-state index >= 15 is 0 Å². The second-order valence-corrected chi connectivity index (χ2v) is 10.1. The zero-order valence-electron chi connectivity index (χ0n) is 16.5. The first kappa shape index (κ1) is 19.3. The summed E-state index contributed by atoms with van der Waals surface area (Å²) < 4.78 is 13.2. The molecule has 3 fully saturated rings. The summed E-state index contributed by atoms with van der Waals surface area (Å²) in [5.74, 6) is -0.0475. The highest BCUT2D eigenvalue weighted by molar-refractivity contribution is 5.92. The van der Waals surface area contributed by atoms with Crippen molar-refractivity contribution in [2.24, 2.45) is 34.5 Å². The summed E-state index contributed by atoms with van der Waals surface area (Å²) in [6.07, 6.45) is 4.52. The summed E-state index contributed by atoms with van der Waals surface area (Å²) in [5, 5.41) is 22.4. The predicted molar refractivity (Wildman–Crippen MR) is 98.6 cm³/mol. The van der Waals surface area contributed by atoms with Gasteiger partial charge < -0.3 is 10.2 Å². The Hall–Kier alpha value is -1.07. The van der Waals surface area contributed by atoms with Gasteiger partial charge in [-0.15, -0.1) is 0 Å². The molecular formula is C22H31FO4. The molecule has 27 heavy (non-hydrogen) atoms. The van der Waals surface area contributed by atoms with Gasteiger partial charge >= 0.3 is 0 Å². The van der Waals surface area contributed by atoms with Gasteiger partial charge in [-0.1, -0.05) is 26.3 Å². The van der Waals surface area contributed by atoms with E-state index in [-0.39, 0.29) is 41.3 Å². The van der Waals surface area contributed by atoms with Crippen LogP contribution in [0.2, 0.25) is 0 Å². The molecule has 4 nitrogen and oxygen atoms in total. The van der Waals surface area contributed by atoms with E-state index < -0.39 is 29.6 Å². The molecule has 4 aliphatic rings. The van der Waals surface area contributed by atoms with Gasteiger partial charge in [0.05, 0.1) is 6.10 Å². The number of halogens is 1. The van der Waals surface area contributed by atoms with E-state index in [1.165, 1.54) is 0 Å². The summed E-state index contributed by atoms with van der Waals surface area (Å²) in [5.41, 5.74) is -1.53. The Labute approximate surface area is 160 Å². The van der Waals surface area contributed by atoms with Gasteiger partial charge in [-0.25, -0.2) is 4.39 Å². The molecule has 3 saturated carbocycles. The van der Waals surface area contributed by atoms with Crippen LogP contribution < -0.4 is 0 Å². The van der Waals surface area contributed by atoms with Gasteiger partial charge in [0, 0.05) is 11.8 Å². The van der Waals surface area contributed by atoms with Crippen LogP contribution in [0.1, 0.15) is 59.3 Å². The van der Waals surface area contributed by atoms with Crippen LogP contribution in [0.15, 0.2) is 11.6 Å². The van der Waals surface area contributed by atoms with Crippen molar-refractivity contribution in [3.8, 4) is 0 Å². The lowest BCUT2D eigenvalue weighted by atomic mass is 9.44. The maximum absolute atomic E-state index is 13.2. The normalized spacial score (nSPS) is 51.9. The Kier molecular flexibility index (Phi) is 4.25. The highest BCUT2D eigenvalue weighted by Gasteiger charge is 2.68. The molecule has 0 bridgehead atoms. The molecule has 0 amide bonds. The van der Waals surface area contributed by atoms with Crippen molar-refractivity contribution in [1.29, 1.82) is 0 Å². The standard InChI is InChI=1S/C22H31FO4/c1-12-8-14-15-5-7-22(27,18(26)11-23)21(15,3)10-17(25)19(14)20(2)6-4-13(24)9-16(12)20/h9,12,14-15,17,19,25,27H,4-8,10-11H2,1-3H3/t12-,14-,15+,17+,19+,20-,21+,22-/m0/s1. The van der Waals surface area contributed by atoms with Crippen molar-refractivity contribution >= 4 is 11.6 Å². The molecule has 0 unspecified atom stereocenters. The third kappa shape index (κ3) is 2.33. The van der Waals surface area contributed by atoms with Crippen molar-refractivity contribution in [2.75, 3.05) is 6.67 Å². The molecule has 5 heteroatoms. The number of fused-ring (bicyclic) bond motifs is 5.